The van der Waals surface area contributed by atoms with Crippen LogP contribution in [0.3, 0.4) is 0 Å². The first kappa shape index (κ1) is 27.3. The highest BCUT2D eigenvalue weighted by Crippen LogP contribution is 2.47. The van der Waals surface area contributed by atoms with Gasteiger partial charge < -0.3 is 14.2 Å². The summed E-state index contributed by atoms with van der Waals surface area (Å²) in [4.78, 5) is 4.16. The van der Waals surface area contributed by atoms with E-state index in [1.807, 2.05) is 0 Å². The van der Waals surface area contributed by atoms with Crippen LogP contribution in [0, 0.1) is 11.6 Å². The van der Waals surface area contributed by atoms with Gasteiger partial charge in [0.2, 0.25) is 5.88 Å². The molecule has 1 aliphatic heterocycles. The van der Waals surface area contributed by atoms with Gasteiger partial charge in [0.15, 0.2) is 0 Å². The van der Waals surface area contributed by atoms with Gasteiger partial charge in [-0.3, -0.25) is 4.68 Å². The van der Waals surface area contributed by atoms with E-state index in [2.05, 4.69) is 19.6 Å². The van der Waals surface area contributed by atoms with Crippen molar-refractivity contribution in [2.75, 3.05) is 13.1 Å². The number of fused-ring (bicyclic) bond motifs is 1. The van der Waals surface area contributed by atoms with Gasteiger partial charge in [0, 0.05) is 40.7 Å². The molecule has 1 atom stereocenters. The molecule has 0 aliphatic carbocycles. The highest BCUT2D eigenvalue weighted by Gasteiger charge is 2.49. The predicted octanol–water partition coefficient (Wildman–Crippen LogP) is 5.66. The Labute approximate surface area is 223 Å². The molecular formula is C24H21F5N4O4S2. The van der Waals surface area contributed by atoms with Crippen molar-refractivity contribution in [1.29, 1.82) is 0 Å². The normalized spacial score (nSPS) is 16.4. The SMILES string of the molecule is CC(C)Oc1cc(F)cc(F)c1-c1c(-c2cnn([C@H]3CCNC3)c2)nc(OS(=O)(=O)C(F)(F)F)c2ccsc12. The van der Waals surface area contributed by atoms with Crippen LogP contribution in [0.25, 0.3) is 32.5 Å². The number of benzene rings is 1. The Morgan fingerprint density at radius 2 is 1.97 bits per heavy atom. The molecule has 1 N–H and O–H groups in total. The minimum absolute atomic E-state index is 0.0172. The molecule has 0 unspecified atom stereocenters. The molecule has 1 saturated heterocycles. The zero-order valence-corrected chi connectivity index (χ0v) is 22.1. The fourth-order valence-corrected chi connectivity index (χ4v) is 5.69. The molecule has 1 aromatic carbocycles. The summed E-state index contributed by atoms with van der Waals surface area (Å²) < 4.78 is 105. The lowest BCUT2D eigenvalue weighted by atomic mass is 9.98. The Morgan fingerprint density at radius 3 is 2.64 bits per heavy atom. The molecular weight excluding hydrogens is 567 g/mol. The van der Waals surface area contributed by atoms with Gasteiger partial charge in [0.1, 0.15) is 17.4 Å². The number of nitrogens with zero attached hydrogens (tertiary/aromatic N) is 3. The number of hydrogen-bond acceptors (Lipinski definition) is 8. The van der Waals surface area contributed by atoms with Gasteiger partial charge in [-0.15, -0.1) is 11.3 Å². The number of ether oxygens (including phenoxy) is 1. The van der Waals surface area contributed by atoms with Gasteiger partial charge in [0.05, 0.1) is 35.0 Å². The number of nitrogens with one attached hydrogen (secondary N) is 1. The highest BCUT2D eigenvalue weighted by molar-refractivity contribution is 7.88. The van der Waals surface area contributed by atoms with E-state index in [1.54, 1.807) is 24.7 Å². The van der Waals surface area contributed by atoms with Crippen molar-refractivity contribution >= 4 is 31.5 Å². The number of alkyl halides is 3. The van der Waals surface area contributed by atoms with E-state index < -0.39 is 39.2 Å². The van der Waals surface area contributed by atoms with Crippen molar-refractivity contribution < 1.29 is 39.3 Å². The van der Waals surface area contributed by atoms with E-state index in [9.17, 15) is 26.0 Å². The molecule has 0 spiro atoms. The molecule has 15 heteroatoms. The van der Waals surface area contributed by atoms with Gasteiger partial charge >= 0.3 is 15.6 Å². The van der Waals surface area contributed by atoms with Gasteiger partial charge in [-0.1, -0.05) is 0 Å². The van der Waals surface area contributed by atoms with E-state index in [4.69, 9.17) is 4.74 Å². The number of pyridine rings is 1. The van der Waals surface area contributed by atoms with Gasteiger partial charge in [0.25, 0.3) is 0 Å². The highest BCUT2D eigenvalue weighted by atomic mass is 32.2. The number of halogens is 5. The summed E-state index contributed by atoms with van der Waals surface area (Å²) in [7, 11) is -6.08. The molecule has 8 nitrogen and oxygen atoms in total. The Hall–Kier alpha value is -3.30. The summed E-state index contributed by atoms with van der Waals surface area (Å²) in [6.45, 7) is 4.70. The topological polar surface area (TPSA) is 95.3 Å². The van der Waals surface area contributed by atoms with Gasteiger partial charge in [-0.2, -0.15) is 26.7 Å². The molecule has 4 heterocycles. The minimum Gasteiger partial charge on any atom is -0.490 e. The van der Waals surface area contributed by atoms with Crippen LogP contribution in [0.5, 0.6) is 11.6 Å². The molecule has 0 bridgehead atoms. The third-order valence-corrected chi connectivity index (χ3v) is 7.84. The average Bonchev–Trinajstić information content (AvgIpc) is 3.59. The first-order valence-electron chi connectivity index (χ1n) is 11.7. The van der Waals surface area contributed by atoms with Crippen LogP contribution in [0.15, 0.2) is 36.0 Å². The van der Waals surface area contributed by atoms with Crippen molar-refractivity contribution in [1.82, 2.24) is 20.1 Å². The second kappa shape index (κ2) is 10.0. The fraction of sp³-hybridized carbons (Fsp3) is 0.333. The third kappa shape index (κ3) is 5.17. The first-order valence-corrected chi connectivity index (χ1v) is 14.0. The summed E-state index contributed by atoms with van der Waals surface area (Å²) in [6, 6.07) is 2.93. The quantitative estimate of drug-likeness (QED) is 0.169. The largest absolute Gasteiger partial charge is 0.534 e. The summed E-state index contributed by atoms with van der Waals surface area (Å²) in [5.41, 5.74) is -5.71. The van der Waals surface area contributed by atoms with E-state index in [0.717, 1.165) is 30.4 Å². The summed E-state index contributed by atoms with van der Waals surface area (Å²) in [6.07, 6.45) is 3.24. The predicted molar refractivity (Wildman–Crippen MR) is 134 cm³/mol. The number of rotatable bonds is 7. The number of aromatic nitrogens is 3. The molecule has 208 valence electrons. The molecule has 39 heavy (non-hydrogen) atoms. The molecule has 1 fully saturated rings. The third-order valence-electron chi connectivity index (χ3n) is 5.96. The first-order chi connectivity index (χ1) is 18.4. The van der Waals surface area contributed by atoms with Crippen molar-refractivity contribution in [2.45, 2.75) is 37.9 Å². The maximum atomic E-state index is 15.5. The number of thiophene rings is 1. The maximum Gasteiger partial charge on any atom is 0.534 e. The second-order valence-corrected chi connectivity index (χ2v) is 11.5. The molecule has 3 aromatic heterocycles. The van der Waals surface area contributed by atoms with Crippen molar-refractivity contribution in [3.63, 3.8) is 0 Å². The molecule has 1 aliphatic rings. The number of hydrogen-bond donors (Lipinski definition) is 1. The maximum absolute atomic E-state index is 15.5. The van der Waals surface area contributed by atoms with E-state index in [1.165, 1.54) is 17.6 Å². The van der Waals surface area contributed by atoms with Gasteiger partial charge in [-0.25, -0.2) is 13.8 Å². The average molecular weight is 589 g/mol. The Balaban J connectivity index is 1.81. The zero-order valence-electron chi connectivity index (χ0n) is 20.4. The van der Waals surface area contributed by atoms with Crippen molar-refractivity contribution in [2.24, 2.45) is 0 Å². The molecule has 0 radical (unpaired) electrons. The Kier molecular flexibility index (Phi) is 7.01. The van der Waals surface area contributed by atoms with E-state index in [0.29, 0.717) is 12.6 Å². The Bertz CT molecular complexity index is 1640. The smallest absolute Gasteiger partial charge is 0.490 e. The molecule has 4 aromatic rings. The van der Waals surface area contributed by atoms with Gasteiger partial charge in [-0.05, 0) is 38.3 Å². The van der Waals surface area contributed by atoms with Crippen LogP contribution in [-0.2, 0) is 10.1 Å². The lowest BCUT2D eigenvalue weighted by Crippen LogP contribution is -2.28. The van der Waals surface area contributed by atoms with Crippen LogP contribution < -0.4 is 14.2 Å². The van der Waals surface area contributed by atoms with Crippen LogP contribution in [0.1, 0.15) is 26.3 Å². The molecule has 5 rings (SSSR count). The lowest BCUT2D eigenvalue weighted by molar-refractivity contribution is -0.0500. The zero-order chi connectivity index (χ0) is 28.1. The second-order valence-electron chi connectivity index (χ2n) is 9.07. The van der Waals surface area contributed by atoms with Crippen LogP contribution >= 0.6 is 11.3 Å². The van der Waals surface area contributed by atoms with E-state index >= 15 is 4.39 Å². The lowest BCUT2D eigenvalue weighted by Gasteiger charge is -2.19. The van der Waals surface area contributed by atoms with E-state index in [-0.39, 0.29) is 44.3 Å². The monoisotopic (exact) mass is 588 g/mol. The van der Waals surface area contributed by atoms with Crippen molar-refractivity contribution in [3.05, 3.63) is 47.6 Å². The van der Waals surface area contributed by atoms with Crippen LogP contribution in [-0.4, -0.2) is 47.9 Å². The standard InChI is InChI=1S/C24H21F5N4O4S2/c1-12(2)36-18-8-14(25)7-17(26)19(18)20-21(13-9-31-33(11-13)15-3-5-30-10-15)32-23(16-4-6-38-22(16)20)37-39(34,35)24(27,28)29/h4,6-9,11-12,15,30H,3,5,10H2,1-2H3/t15-/m0/s1. The van der Waals surface area contributed by atoms with Crippen LogP contribution in [0.4, 0.5) is 22.0 Å². The summed E-state index contributed by atoms with van der Waals surface area (Å²) in [5, 5.41) is 8.89. The fourth-order valence-electron chi connectivity index (χ4n) is 4.32. The summed E-state index contributed by atoms with van der Waals surface area (Å²) >= 11 is 0.989. The van der Waals surface area contributed by atoms with Crippen molar-refractivity contribution in [3.8, 4) is 34.0 Å². The summed E-state index contributed by atoms with van der Waals surface area (Å²) in [5.74, 6) is -2.91. The Morgan fingerprint density at radius 1 is 1.21 bits per heavy atom. The molecule has 0 saturated carbocycles. The van der Waals surface area contributed by atoms with Crippen LogP contribution in [0.2, 0.25) is 0 Å². The molecule has 0 amide bonds. The minimum atomic E-state index is -6.08.